The number of benzene rings is 2. The summed E-state index contributed by atoms with van der Waals surface area (Å²) in [5, 5.41) is 3.73. The molecule has 0 aliphatic carbocycles. The molecule has 0 unspecified atom stereocenters. The van der Waals surface area contributed by atoms with Crippen LogP contribution < -0.4 is 5.32 Å². The molecular formula is C20H15N3O3. The predicted octanol–water partition coefficient (Wildman–Crippen LogP) is 2.15. The molecule has 6 heteroatoms. The third kappa shape index (κ3) is 2.71. The Morgan fingerprint density at radius 1 is 0.923 bits per heavy atom. The summed E-state index contributed by atoms with van der Waals surface area (Å²) in [4.78, 5) is 42.2. The Hall–Kier alpha value is -3.54. The molecule has 1 aliphatic heterocycles. The molecule has 4 rings (SSSR count). The number of imide groups is 1. The zero-order chi connectivity index (χ0) is 18.1. The molecule has 6 nitrogen and oxygen atoms in total. The summed E-state index contributed by atoms with van der Waals surface area (Å²) < 4.78 is 0. The summed E-state index contributed by atoms with van der Waals surface area (Å²) in [6, 6.07) is 16.1. The first-order valence-electron chi connectivity index (χ1n) is 8.19. The van der Waals surface area contributed by atoms with E-state index in [1.165, 1.54) is 0 Å². The van der Waals surface area contributed by atoms with Gasteiger partial charge in [0.1, 0.15) is 6.54 Å². The highest BCUT2D eigenvalue weighted by atomic mass is 16.2. The van der Waals surface area contributed by atoms with Gasteiger partial charge in [-0.1, -0.05) is 30.3 Å². The van der Waals surface area contributed by atoms with Crippen LogP contribution in [0.5, 0.6) is 0 Å². The van der Waals surface area contributed by atoms with Crippen LogP contribution in [0.15, 0.2) is 60.8 Å². The van der Waals surface area contributed by atoms with Crippen LogP contribution in [0.25, 0.3) is 10.9 Å². The number of fused-ring (bicyclic) bond motifs is 2. The van der Waals surface area contributed by atoms with Crippen LogP contribution in [-0.4, -0.2) is 34.2 Å². The third-order valence-corrected chi connectivity index (χ3v) is 4.40. The highest BCUT2D eigenvalue weighted by Crippen LogP contribution is 2.22. The van der Waals surface area contributed by atoms with E-state index < -0.39 is 11.8 Å². The predicted molar refractivity (Wildman–Crippen MR) is 95.4 cm³/mol. The highest BCUT2D eigenvalue weighted by molar-refractivity contribution is 6.22. The number of rotatable bonds is 4. The SMILES string of the molecule is O=C(CN1C(=O)c2ccccc2C1=O)NCc1ccnc2ccccc12. The number of carbonyl (C=O) groups is 3. The smallest absolute Gasteiger partial charge is 0.262 e. The maximum absolute atomic E-state index is 12.3. The molecule has 1 N–H and O–H groups in total. The Morgan fingerprint density at radius 3 is 2.31 bits per heavy atom. The summed E-state index contributed by atoms with van der Waals surface area (Å²) in [6.45, 7) is 0.000396. The molecular weight excluding hydrogens is 330 g/mol. The Kier molecular flexibility index (Phi) is 3.93. The molecule has 1 aliphatic rings. The molecule has 0 atom stereocenters. The quantitative estimate of drug-likeness (QED) is 0.735. The summed E-state index contributed by atoms with van der Waals surface area (Å²) >= 11 is 0. The standard InChI is InChI=1S/C20H15N3O3/c24-18(12-23-19(25)15-6-1-2-7-16(15)20(23)26)22-11-13-9-10-21-17-8-4-3-5-14(13)17/h1-10H,11-12H2,(H,22,24). The Bertz CT molecular complexity index is 1000. The van der Waals surface area contributed by atoms with E-state index in [9.17, 15) is 14.4 Å². The fourth-order valence-corrected chi connectivity index (χ4v) is 3.09. The Labute approximate surface area is 149 Å². The maximum atomic E-state index is 12.3. The van der Waals surface area contributed by atoms with Crippen LogP contribution in [0.3, 0.4) is 0 Å². The second-order valence-corrected chi connectivity index (χ2v) is 6.01. The average Bonchev–Trinajstić information content (AvgIpc) is 2.91. The van der Waals surface area contributed by atoms with Crippen molar-refractivity contribution in [3.05, 3.63) is 77.5 Å². The zero-order valence-electron chi connectivity index (χ0n) is 13.8. The van der Waals surface area contributed by atoms with E-state index in [2.05, 4.69) is 10.3 Å². The molecule has 3 aromatic rings. The van der Waals surface area contributed by atoms with Gasteiger partial charge in [0, 0.05) is 18.1 Å². The minimum absolute atomic E-state index is 0.296. The molecule has 0 saturated heterocycles. The number of nitrogens with one attached hydrogen (secondary N) is 1. The van der Waals surface area contributed by atoms with E-state index in [0.717, 1.165) is 21.4 Å². The van der Waals surface area contributed by atoms with E-state index >= 15 is 0 Å². The van der Waals surface area contributed by atoms with Crippen molar-refractivity contribution >= 4 is 28.6 Å². The largest absolute Gasteiger partial charge is 0.350 e. The van der Waals surface area contributed by atoms with Crippen molar-refractivity contribution in [2.24, 2.45) is 0 Å². The van der Waals surface area contributed by atoms with Crippen LogP contribution >= 0.6 is 0 Å². The number of hydrogen-bond donors (Lipinski definition) is 1. The lowest BCUT2D eigenvalue weighted by atomic mass is 10.1. The first kappa shape index (κ1) is 16.0. The normalized spacial score (nSPS) is 13.2. The molecule has 128 valence electrons. The van der Waals surface area contributed by atoms with Gasteiger partial charge in [-0.3, -0.25) is 24.3 Å². The molecule has 0 saturated carbocycles. The third-order valence-electron chi connectivity index (χ3n) is 4.40. The van der Waals surface area contributed by atoms with Gasteiger partial charge in [0.15, 0.2) is 0 Å². The summed E-state index contributed by atoms with van der Waals surface area (Å²) in [6.07, 6.45) is 1.69. The monoisotopic (exact) mass is 345 g/mol. The summed E-state index contributed by atoms with van der Waals surface area (Å²) in [7, 11) is 0. The van der Waals surface area contributed by atoms with Crippen molar-refractivity contribution in [3.63, 3.8) is 0 Å². The van der Waals surface area contributed by atoms with Crippen LogP contribution in [0.2, 0.25) is 0 Å². The minimum atomic E-state index is -0.435. The molecule has 0 spiro atoms. The average molecular weight is 345 g/mol. The van der Waals surface area contributed by atoms with Crippen LogP contribution in [-0.2, 0) is 11.3 Å². The maximum Gasteiger partial charge on any atom is 0.262 e. The first-order valence-corrected chi connectivity index (χ1v) is 8.19. The lowest BCUT2D eigenvalue weighted by Gasteiger charge is -2.14. The van der Waals surface area contributed by atoms with Gasteiger partial charge in [0.05, 0.1) is 16.6 Å². The number of aromatic nitrogens is 1. The molecule has 0 fully saturated rings. The van der Waals surface area contributed by atoms with Gasteiger partial charge in [-0.05, 0) is 29.8 Å². The summed E-state index contributed by atoms with van der Waals surface area (Å²) in [5.74, 6) is -1.26. The van der Waals surface area contributed by atoms with Gasteiger partial charge in [-0.25, -0.2) is 0 Å². The van der Waals surface area contributed by atoms with Gasteiger partial charge >= 0.3 is 0 Å². The Balaban J connectivity index is 1.45. The molecule has 1 aromatic heterocycles. The van der Waals surface area contributed by atoms with E-state index in [4.69, 9.17) is 0 Å². The van der Waals surface area contributed by atoms with Crippen LogP contribution in [0, 0.1) is 0 Å². The fraction of sp³-hybridized carbons (Fsp3) is 0.100. The molecule has 0 bridgehead atoms. The first-order chi connectivity index (χ1) is 12.6. The van der Waals surface area contributed by atoms with Crippen molar-refractivity contribution < 1.29 is 14.4 Å². The second kappa shape index (κ2) is 6.40. The molecule has 2 heterocycles. The lowest BCUT2D eigenvalue weighted by molar-refractivity contribution is -0.121. The van der Waals surface area contributed by atoms with E-state index in [0.29, 0.717) is 17.7 Å². The van der Waals surface area contributed by atoms with Crippen LogP contribution in [0.1, 0.15) is 26.3 Å². The van der Waals surface area contributed by atoms with Gasteiger partial charge in [-0.2, -0.15) is 0 Å². The van der Waals surface area contributed by atoms with Gasteiger partial charge < -0.3 is 5.32 Å². The number of carbonyl (C=O) groups excluding carboxylic acids is 3. The van der Waals surface area contributed by atoms with Gasteiger partial charge in [0.2, 0.25) is 5.91 Å². The second-order valence-electron chi connectivity index (χ2n) is 6.01. The van der Waals surface area contributed by atoms with Crippen molar-refractivity contribution in [1.29, 1.82) is 0 Å². The zero-order valence-corrected chi connectivity index (χ0v) is 13.8. The number of para-hydroxylation sites is 1. The lowest BCUT2D eigenvalue weighted by Crippen LogP contribution is -2.40. The van der Waals surface area contributed by atoms with Crippen molar-refractivity contribution in [2.45, 2.75) is 6.54 Å². The number of amides is 3. The van der Waals surface area contributed by atoms with E-state index in [-0.39, 0.29) is 12.5 Å². The summed E-state index contributed by atoms with van der Waals surface area (Å²) in [5.41, 5.74) is 2.45. The van der Waals surface area contributed by atoms with Crippen LogP contribution in [0.4, 0.5) is 0 Å². The molecule has 2 aromatic carbocycles. The van der Waals surface area contributed by atoms with Gasteiger partial charge in [0.25, 0.3) is 11.8 Å². The van der Waals surface area contributed by atoms with E-state index in [1.807, 2.05) is 30.3 Å². The van der Waals surface area contributed by atoms with Gasteiger partial charge in [-0.15, -0.1) is 0 Å². The van der Waals surface area contributed by atoms with Crippen molar-refractivity contribution in [1.82, 2.24) is 15.2 Å². The topological polar surface area (TPSA) is 79.4 Å². The number of nitrogens with zero attached hydrogens (tertiary/aromatic N) is 2. The Morgan fingerprint density at radius 2 is 1.58 bits per heavy atom. The van der Waals surface area contributed by atoms with Crippen molar-refractivity contribution in [2.75, 3.05) is 6.54 Å². The number of hydrogen-bond acceptors (Lipinski definition) is 4. The highest BCUT2D eigenvalue weighted by Gasteiger charge is 2.36. The molecule has 3 amide bonds. The molecule has 26 heavy (non-hydrogen) atoms. The minimum Gasteiger partial charge on any atom is -0.350 e. The molecule has 0 radical (unpaired) electrons. The number of pyridine rings is 1. The van der Waals surface area contributed by atoms with Crippen molar-refractivity contribution in [3.8, 4) is 0 Å². The van der Waals surface area contributed by atoms with E-state index in [1.54, 1.807) is 30.5 Å². The fourth-order valence-electron chi connectivity index (χ4n) is 3.09.